The van der Waals surface area contributed by atoms with Gasteiger partial charge in [0.1, 0.15) is 0 Å². The molecule has 0 rings (SSSR count). The van der Waals surface area contributed by atoms with Crippen LogP contribution in [0.5, 0.6) is 0 Å². The molecule has 0 aromatic carbocycles. The summed E-state index contributed by atoms with van der Waals surface area (Å²) in [5, 5.41) is 0. The predicted molar refractivity (Wildman–Crippen MR) is 65.8 cm³/mol. The van der Waals surface area contributed by atoms with Gasteiger partial charge in [-0.15, -0.1) is 0 Å². The summed E-state index contributed by atoms with van der Waals surface area (Å²) in [6, 6.07) is 0. The van der Waals surface area contributed by atoms with E-state index < -0.39 is 60.0 Å². The van der Waals surface area contributed by atoms with Crippen LogP contribution in [0.4, 0.5) is 57.1 Å². The maximum Gasteiger partial charge on any atom is 0.460 e. The van der Waals surface area contributed by atoms with E-state index in [-0.39, 0.29) is 0 Å². The quantitative estimate of drug-likeness (QED) is 0.359. The van der Waals surface area contributed by atoms with Crippen LogP contribution < -0.4 is 0 Å². The molecule has 0 amide bonds. The lowest BCUT2D eigenvalue weighted by Crippen LogP contribution is -2.70. The minimum atomic E-state index is -7.95. The fourth-order valence-electron chi connectivity index (χ4n) is 1.95. The second-order valence-corrected chi connectivity index (χ2v) is 6.08. The molecule has 0 saturated carbocycles. The molecule has 15 heteroatoms. The lowest BCUT2D eigenvalue weighted by molar-refractivity contribution is -0.440. The van der Waals surface area contributed by atoms with E-state index in [4.69, 9.17) is 0 Å². The number of hydrogen-bond donors (Lipinski definition) is 0. The highest BCUT2D eigenvalue weighted by molar-refractivity contribution is 5.72. The van der Waals surface area contributed by atoms with Crippen molar-refractivity contribution >= 4 is 5.97 Å². The standard InChI is InChI=1S/C13H13F13O2/c1-5(2)6(7(27)28-3)4-8(14,15)9(16,17)10(18,19)11(20,21)12(22,23)13(24,25)26/h5-6H,4H2,1-3H3. The molecule has 0 fully saturated rings. The first-order valence-corrected chi connectivity index (χ1v) is 7.06. The van der Waals surface area contributed by atoms with Crippen LogP contribution in [0.25, 0.3) is 0 Å². The summed E-state index contributed by atoms with van der Waals surface area (Å²) in [7, 11) is 0.584. The molecule has 28 heavy (non-hydrogen) atoms. The van der Waals surface area contributed by atoms with Gasteiger partial charge in [-0.3, -0.25) is 4.79 Å². The van der Waals surface area contributed by atoms with Gasteiger partial charge in [0.25, 0.3) is 0 Å². The van der Waals surface area contributed by atoms with Crippen LogP contribution in [0.3, 0.4) is 0 Å². The smallest absolute Gasteiger partial charge is 0.460 e. The molecule has 1 unspecified atom stereocenters. The number of ether oxygens (including phenoxy) is 1. The monoisotopic (exact) mass is 448 g/mol. The SMILES string of the molecule is COC(=O)C(CC(F)(F)C(F)(F)C(F)(F)C(F)(F)C(F)(F)C(F)(F)F)C(C)C. The Bertz CT molecular complexity index is 565. The minimum Gasteiger partial charge on any atom is -0.469 e. The Labute approximate surface area is 149 Å². The normalized spacial score (nSPS) is 16.3. The van der Waals surface area contributed by atoms with Crippen LogP contribution in [-0.4, -0.2) is 48.9 Å². The van der Waals surface area contributed by atoms with Crippen molar-refractivity contribution in [2.24, 2.45) is 11.8 Å². The van der Waals surface area contributed by atoms with Crippen LogP contribution >= 0.6 is 0 Å². The second-order valence-electron chi connectivity index (χ2n) is 6.08. The number of hydrogen-bond acceptors (Lipinski definition) is 2. The summed E-state index contributed by atoms with van der Waals surface area (Å²) in [5.41, 5.74) is 0. The Kier molecular flexibility index (Phi) is 7.05. The summed E-state index contributed by atoms with van der Waals surface area (Å²) in [5.74, 6) is -42.5. The zero-order chi connectivity index (χ0) is 23.1. The number of methoxy groups -OCH3 is 1. The summed E-state index contributed by atoms with van der Waals surface area (Å²) in [6.45, 7) is 1.89. The molecule has 0 aliphatic heterocycles. The molecule has 2 nitrogen and oxygen atoms in total. The second kappa shape index (κ2) is 7.43. The summed E-state index contributed by atoms with van der Waals surface area (Å²) >= 11 is 0. The third-order valence-corrected chi connectivity index (χ3v) is 3.78. The average molecular weight is 448 g/mol. The number of rotatable bonds is 8. The molecule has 168 valence electrons. The predicted octanol–water partition coefficient (Wildman–Crippen LogP) is 5.56. The number of esters is 1. The van der Waals surface area contributed by atoms with E-state index in [1.165, 1.54) is 0 Å². The average Bonchev–Trinajstić information content (AvgIpc) is 2.49. The van der Waals surface area contributed by atoms with Crippen molar-refractivity contribution in [1.82, 2.24) is 0 Å². The van der Waals surface area contributed by atoms with Crippen molar-refractivity contribution in [3.63, 3.8) is 0 Å². The highest BCUT2D eigenvalue weighted by Crippen LogP contribution is 2.61. The first-order valence-electron chi connectivity index (χ1n) is 7.06. The van der Waals surface area contributed by atoms with E-state index in [9.17, 15) is 61.9 Å². The number of carbonyl (C=O) groups is 1. The zero-order valence-corrected chi connectivity index (χ0v) is 14.1. The largest absolute Gasteiger partial charge is 0.469 e. The maximum absolute atomic E-state index is 13.7. The molecule has 0 aliphatic rings. The lowest BCUT2D eigenvalue weighted by Gasteiger charge is -2.40. The van der Waals surface area contributed by atoms with Crippen LogP contribution in [0.2, 0.25) is 0 Å². The van der Waals surface area contributed by atoms with Crippen molar-refractivity contribution in [2.45, 2.75) is 56.1 Å². The third kappa shape index (κ3) is 3.98. The van der Waals surface area contributed by atoms with Gasteiger partial charge in [0.15, 0.2) is 0 Å². The summed E-state index contributed by atoms with van der Waals surface area (Å²) in [6.07, 6.45) is -10.1. The van der Waals surface area contributed by atoms with Crippen LogP contribution in [-0.2, 0) is 9.53 Å². The minimum absolute atomic E-state index is 0.584. The van der Waals surface area contributed by atoms with Crippen molar-refractivity contribution in [3.05, 3.63) is 0 Å². The highest BCUT2D eigenvalue weighted by atomic mass is 19.4. The first-order chi connectivity index (χ1) is 12.0. The number of carbonyl (C=O) groups excluding carboxylic acids is 1. The summed E-state index contributed by atoms with van der Waals surface area (Å²) < 4.78 is 173. The maximum atomic E-state index is 13.7. The molecule has 1 atom stereocenters. The Morgan fingerprint density at radius 3 is 1.36 bits per heavy atom. The fraction of sp³-hybridized carbons (Fsp3) is 0.923. The van der Waals surface area contributed by atoms with Crippen molar-refractivity contribution in [1.29, 1.82) is 0 Å². The Morgan fingerprint density at radius 2 is 1.07 bits per heavy atom. The Hall–Kier alpha value is -1.44. The van der Waals surface area contributed by atoms with E-state index in [0.717, 1.165) is 13.8 Å². The van der Waals surface area contributed by atoms with Gasteiger partial charge in [-0.2, -0.15) is 57.1 Å². The number of halogens is 13. The number of alkyl halides is 13. The molecule has 0 aromatic rings. The third-order valence-electron chi connectivity index (χ3n) is 3.78. The van der Waals surface area contributed by atoms with Gasteiger partial charge < -0.3 is 4.74 Å². The van der Waals surface area contributed by atoms with Crippen molar-refractivity contribution < 1.29 is 66.6 Å². The van der Waals surface area contributed by atoms with Crippen LogP contribution in [0.1, 0.15) is 20.3 Å². The van der Waals surface area contributed by atoms with Crippen LogP contribution in [0, 0.1) is 11.8 Å². The van der Waals surface area contributed by atoms with Crippen LogP contribution in [0.15, 0.2) is 0 Å². The van der Waals surface area contributed by atoms with E-state index in [1.807, 2.05) is 0 Å². The molecule has 0 radical (unpaired) electrons. The van der Waals surface area contributed by atoms with Gasteiger partial charge >= 0.3 is 41.8 Å². The molecule has 0 spiro atoms. The van der Waals surface area contributed by atoms with Gasteiger partial charge in [-0.05, 0) is 5.92 Å². The lowest BCUT2D eigenvalue weighted by atomic mass is 9.84. The fourth-order valence-corrected chi connectivity index (χ4v) is 1.95. The first kappa shape index (κ1) is 26.6. The van der Waals surface area contributed by atoms with Gasteiger partial charge in [0, 0.05) is 6.42 Å². The molecule has 0 saturated heterocycles. The van der Waals surface area contributed by atoms with E-state index in [0.29, 0.717) is 7.11 Å². The molecular formula is C13H13F13O2. The van der Waals surface area contributed by atoms with E-state index >= 15 is 0 Å². The van der Waals surface area contributed by atoms with Crippen molar-refractivity contribution in [2.75, 3.05) is 7.11 Å². The molecule has 0 heterocycles. The van der Waals surface area contributed by atoms with Gasteiger partial charge in [0.05, 0.1) is 13.0 Å². The molecule has 0 bridgehead atoms. The topological polar surface area (TPSA) is 26.3 Å². The summed E-state index contributed by atoms with van der Waals surface area (Å²) in [4.78, 5) is 11.3. The Morgan fingerprint density at radius 1 is 0.714 bits per heavy atom. The Balaban J connectivity index is 6.28. The molecule has 0 aliphatic carbocycles. The molecular weight excluding hydrogens is 435 g/mol. The molecule has 0 aromatic heterocycles. The molecule has 0 N–H and O–H groups in total. The van der Waals surface area contributed by atoms with Crippen molar-refractivity contribution in [3.8, 4) is 0 Å². The highest BCUT2D eigenvalue weighted by Gasteiger charge is 2.90. The van der Waals surface area contributed by atoms with E-state index in [2.05, 4.69) is 4.74 Å². The van der Waals surface area contributed by atoms with E-state index in [1.54, 1.807) is 0 Å². The van der Waals surface area contributed by atoms with Gasteiger partial charge in [0.2, 0.25) is 0 Å². The zero-order valence-electron chi connectivity index (χ0n) is 14.1. The van der Waals surface area contributed by atoms with Gasteiger partial charge in [-0.25, -0.2) is 0 Å². The van der Waals surface area contributed by atoms with Gasteiger partial charge in [-0.1, -0.05) is 13.8 Å².